The van der Waals surface area contributed by atoms with Gasteiger partial charge in [-0.3, -0.25) is 0 Å². The molecule has 6 nitrogen and oxygen atoms in total. The van der Waals surface area contributed by atoms with E-state index in [1.165, 1.54) is 0 Å². The van der Waals surface area contributed by atoms with Gasteiger partial charge in [0.15, 0.2) is 0 Å². The summed E-state index contributed by atoms with van der Waals surface area (Å²) in [5, 5.41) is 45.9. The molecule has 4 N–H and O–H groups in total. The minimum absolute atomic E-state index is 0.00442. The van der Waals surface area contributed by atoms with Crippen LogP contribution in [0.3, 0.4) is 0 Å². The first kappa shape index (κ1) is 19.0. The lowest BCUT2D eigenvalue weighted by Gasteiger charge is -2.11. The Kier molecular flexibility index (Phi) is 5.31. The van der Waals surface area contributed by atoms with Gasteiger partial charge >= 0.3 is 0 Å². The molecule has 0 unspecified atom stereocenters. The van der Waals surface area contributed by atoms with Crippen LogP contribution in [0.25, 0.3) is 0 Å². The molecule has 0 saturated heterocycles. The van der Waals surface area contributed by atoms with Gasteiger partial charge in [-0.2, -0.15) is 0 Å². The Morgan fingerprint density at radius 3 is 1.29 bits per heavy atom. The van der Waals surface area contributed by atoms with Gasteiger partial charge < -0.3 is 20.6 Å². The highest BCUT2D eigenvalue weighted by molar-refractivity contribution is 6.16. The van der Waals surface area contributed by atoms with Crippen molar-refractivity contribution in [2.75, 3.05) is 0 Å². The van der Waals surface area contributed by atoms with Crippen LogP contribution >= 0.6 is 0 Å². The number of rotatable bonds is 4. The lowest BCUT2D eigenvalue weighted by atomic mass is 9.95. The molecule has 0 aliphatic heterocycles. The molecule has 0 bridgehead atoms. The molecule has 0 spiro atoms. The van der Waals surface area contributed by atoms with E-state index in [1.807, 2.05) is 13.8 Å². The van der Waals surface area contributed by atoms with Crippen LogP contribution in [0.4, 0.5) is 0 Å². The topological polar surface area (TPSA) is 106 Å². The average molecular weight is 376 g/mol. The van der Waals surface area contributed by atoms with Gasteiger partial charge in [0, 0.05) is 22.3 Å². The molecule has 0 heterocycles. The molecule has 6 heteroatoms. The number of hydrogen-bond acceptors (Lipinski definition) is 6. The monoisotopic (exact) mass is 376 g/mol. The second-order valence-corrected chi connectivity index (χ2v) is 6.52. The predicted molar refractivity (Wildman–Crippen MR) is 107 cm³/mol. The van der Waals surface area contributed by atoms with Gasteiger partial charge in [0.05, 0.1) is 0 Å². The van der Waals surface area contributed by atoms with E-state index in [9.17, 15) is 20.6 Å². The fourth-order valence-electron chi connectivity index (χ4n) is 3.00. The second-order valence-electron chi connectivity index (χ2n) is 6.52. The summed E-state index contributed by atoms with van der Waals surface area (Å²) in [6, 6.07) is 16.8. The van der Waals surface area contributed by atoms with E-state index in [2.05, 4.69) is 10.3 Å². The Morgan fingerprint density at radius 1 is 0.607 bits per heavy atom. The van der Waals surface area contributed by atoms with Crippen molar-refractivity contribution in [2.45, 2.75) is 13.8 Å². The molecular formula is C22H20N2O4. The number of aryl methyl sites for hydroxylation is 2. The molecule has 0 aliphatic rings. The van der Waals surface area contributed by atoms with Crippen molar-refractivity contribution >= 4 is 11.4 Å². The fraction of sp³-hybridized carbons (Fsp3) is 0.0909. The maximum absolute atomic E-state index is 10.1. The Labute approximate surface area is 162 Å². The first-order valence-electron chi connectivity index (χ1n) is 8.59. The molecular weight excluding hydrogens is 356 g/mol. The van der Waals surface area contributed by atoms with E-state index < -0.39 is 0 Å². The summed E-state index contributed by atoms with van der Waals surface area (Å²) in [5.74, 6) is 0.00883. The van der Waals surface area contributed by atoms with Crippen LogP contribution in [0.15, 0.2) is 71.0 Å². The van der Waals surface area contributed by atoms with E-state index in [0.29, 0.717) is 22.3 Å². The molecule has 0 amide bonds. The van der Waals surface area contributed by atoms with Crippen molar-refractivity contribution in [3.63, 3.8) is 0 Å². The van der Waals surface area contributed by atoms with Gasteiger partial charge in [0.25, 0.3) is 0 Å². The Balaban J connectivity index is 2.00. The predicted octanol–water partition coefficient (Wildman–Crippen LogP) is 4.17. The molecule has 3 rings (SSSR count). The molecule has 0 fully saturated rings. The van der Waals surface area contributed by atoms with Gasteiger partial charge in [-0.25, -0.2) is 0 Å². The molecule has 0 aromatic heterocycles. The largest absolute Gasteiger partial charge is 0.507 e. The maximum atomic E-state index is 10.1. The molecule has 0 atom stereocenters. The summed E-state index contributed by atoms with van der Waals surface area (Å²) >= 11 is 0. The molecule has 0 aliphatic carbocycles. The van der Waals surface area contributed by atoms with Crippen LogP contribution in [0.5, 0.6) is 11.5 Å². The molecule has 0 radical (unpaired) electrons. The Bertz CT molecular complexity index is 984. The van der Waals surface area contributed by atoms with E-state index >= 15 is 0 Å². The van der Waals surface area contributed by atoms with E-state index in [1.54, 1.807) is 60.7 Å². The van der Waals surface area contributed by atoms with E-state index in [-0.39, 0.29) is 22.9 Å². The first-order valence-corrected chi connectivity index (χ1v) is 8.59. The van der Waals surface area contributed by atoms with Crippen molar-refractivity contribution < 1.29 is 20.6 Å². The highest BCUT2D eigenvalue weighted by atomic mass is 16.4. The van der Waals surface area contributed by atoms with Crippen LogP contribution in [0.1, 0.15) is 33.4 Å². The normalized spacial score (nSPS) is 12.2. The smallest absolute Gasteiger partial charge is 0.125 e. The van der Waals surface area contributed by atoms with Crippen LogP contribution < -0.4 is 0 Å². The van der Waals surface area contributed by atoms with Gasteiger partial charge in [0.2, 0.25) is 0 Å². The summed E-state index contributed by atoms with van der Waals surface area (Å²) < 4.78 is 0. The summed E-state index contributed by atoms with van der Waals surface area (Å²) in [6.07, 6.45) is 0. The maximum Gasteiger partial charge on any atom is 0.125 e. The van der Waals surface area contributed by atoms with Crippen LogP contribution in [0, 0.1) is 13.8 Å². The lowest BCUT2D eigenvalue weighted by Crippen LogP contribution is -2.07. The van der Waals surface area contributed by atoms with E-state index in [0.717, 1.165) is 11.1 Å². The zero-order valence-electron chi connectivity index (χ0n) is 15.5. The van der Waals surface area contributed by atoms with Crippen LogP contribution in [0.2, 0.25) is 0 Å². The van der Waals surface area contributed by atoms with Crippen LogP contribution in [-0.4, -0.2) is 32.1 Å². The number of oxime groups is 2. The molecule has 142 valence electrons. The van der Waals surface area contributed by atoms with Crippen molar-refractivity contribution in [3.05, 3.63) is 94.0 Å². The SMILES string of the molecule is Cc1ccc(O)c(/C(=N/O)c2ccc(/C(=N\O)c3cc(C)ccc3O)cc2)c1. The second kappa shape index (κ2) is 7.84. The molecule has 0 saturated carbocycles. The van der Waals surface area contributed by atoms with Crippen molar-refractivity contribution in [2.24, 2.45) is 10.3 Å². The van der Waals surface area contributed by atoms with Crippen LogP contribution in [-0.2, 0) is 0 Å². The van der Waals surface area contributed by atoms with Crippen molar-refractivity contribution in [1.82, 2.24) is 0 Å². The third-order valence-corrected chi connectivity index (χ3v) is 4.45. The quantitative estimate of drug-likeness (QED) is 0.311. The third-order valence-electron chi connectivity index (χ3n) is 4.45. The zero-order valence-corrected chi connectivity index (χ0v) is 15.5. The van der Waals surface area contributed by atoms with Gasteiger partial charge in [-0.05, 0) is 38.1 Å². The van der Waals surface area contributed by atoms with Gasteiger partial charge in [-0.15, -0.1) is 0 Å². The van der Waals surface area contributed by atoms with Gasteiger partial charge in [-0.1, -0.05) is 57.8 Å². The number of aromatic hydroxyl groups is 2. The van der Waals surface area contributed by atoms with Crippen molar-refractivity contribution in [3.8, 4) is 11.5 Å². The summed E-state index contributed by atoms with van der Waals surface area (Å²) in [7, 11) is 0. The lowest BCUT2D eigenvalue weighted by molar-refractivity contribution is 0.319. The summed E-state index contributed by atoms with van der Waals surface area (Å²) in [4.78, 5) is 0. The summed E-state index contributed by atoms with van der Waals surface area (Å²) in [5.41, 5.74) is 4.20. The van der Waals surface area contributed by atoms with Gasteiger partial charge in [0.1, 0.15) is 22.9 Å². The fourth-order valence-corrected chi connectivity index (χ4v) is 3.00. The third kappa shape index (κ3) is 3.66. The standard InChI is InChI=1S/C22H20N2O4/c1-13-3-9-19(25)17(11-13)21(23-27)15-5-7-16(8-6-15)22(24-28)18-12-14(2)4-10-20(18)26/h3-12,25-28H,1-2H3/b23-21+,24-22+. The number of nitrogens with zero attached hydrogens (tertiary/aromatic N) is 2. The number of hydrogen-bond donors (Lipinski definition) is 4. The minimum atomic E-state index is 0.00442. The zero-order chi connectivity index (χ0) is 20.3. The number of benzene rings is 3. The molecule has 3 aromatic carbocycles. The highest BCUT2D eigenvalue weighted by Gasteiger charge is 2.16. The Morgan fingerprint density at radius 2 is 0.964 bits per heavy atom. The van der Waals surface area contributed by atoms with Crippen molar-refractivity contribution in [1.29, 1.82) is 0 Å². The highest BCUT2D eigenvalue weighted by Crippen LogP contribution is 2.25. The Hall–Kier alpha value is -3.80. The minimum Gasteiger partial charge on any atom is -0.507 e. The average Bonchev–Trinajstić information content (AvgIpc) is 2.69. The number of phenols is 2. The molecule has 3 aromatic rings. The van der Waals surface area contributed by atoms with E-state index in [4.69, 9.17) is 0 Å². The summed E-state index contributed by atoms with van der Waals surface area (Å²) in [6.45, 7) is 3.75. The molecule has 28 heavy (non-hydrogen) atoms. The number of phenolic OH excluding ortho intramolecular Hbond substituents is 2. The first-order chi connectivity index (χ1) is 13.4.